The van der Waals surface area contributed by atoms with Crippen LogP contribution in [0.1, 0.15) is 188 Å². The van der Waals surface area contributed by atoms with E-state index in [0.717, 1.165) is 58.5 Å². The Morgan fingerprint density at radius 2 is 0.850 bits per heavy atom. The molecule has 318 valence electrons. The average molecular weight is 799 g/mol. The molecule has 0 amide bonds. The van der Waals surface area contributed by atoms with Crippen LogP contribution >= 0.6 is 0 Å². The van der Waals surface area contributed by atoms with Gasteiger partial charge in [-0.3, -0.25) is 0 Å². The molecule has 0 heteroatoms. The van der Waals surface area contributed by atoms with Crippen molar-refractivity contribution in [1.29, 1.82) is 0 Å². The number of aryl methyl sites for hydroxylation is 1. The molecule has 0 aromatic heterocycles. The van der Waals surface area contributed by atoms with Crippen LogP contribution in [-0.2, 0) is 19.3 Å². The highest BCUT2D eigenvalue weighted by atomic mass is 14.3. The Kier molecular flexibility index (Phi) is 15.1. The van der Waals surface area contributed by atoms with Gasteiger partial charge in [-0.2, -0.15) is 0 Å². The van der Waals surface area contributed by atoms with Crippen LogP contribution in [0.5, 0.6) is 0 Å². The molecule has 4 aromatic carbocycles. The van der Waals surface area contributed by atoms with Crippen molar-refractivity contribution in [2.24, 2.45) is 47.3 Å². The lowest BCUT2D eigenvalue weighted by molar-refractivity contribution is 0.270. The first-order chi connectivity index (χ1) is 29.3. The maximum absolute atomic E-state index is 3.54. The molecule has 0 saturated heterocycles. The molecular formula is C60H78. The Hall–Kier alpha value is -3.56. The molecule has 0 N–H and O–H groups in total. The summed E-state index contributed by atoms with van der Waals surface area (Å²) in [5.74, 6) is 14.6. The third-order valence-electron chi connectivity index (χ3n) is 16.4. The minimum atomic E-state index is 0.448. The Balaban J connectivity index is 0.956. The Morgan fingerprint density at radius 3 is 1.37 bits per heavy atom. The van der Waals surface area contributed by atoms with Gasteiger partial charge in [0.05, 0.1) is 0 Å². The standard InChI is InChI=1S/C60H78/c1-43-5-13-47(14-6-43)23-31-57-38-30-54(40-51-17-9-45(3)10-18-51)42-60(57)56-34-26-49(27-35-56)22-21-48-24-32-55(33-25-48)59(41-53-19-11-46(4)12-20-53)58-36-28-52(29-37-58)39-50-15-7-44(2)8-16-50/h24-30,32-38,42-47,50-51,53,59H,5-20,23,31,39-41H2,1-4H3. The fraction of sp³-hybridized carbons (Fsp3) is 0.567. The van der Waals surface area contributed by atoms with Gasteiger partial charge in [0.2, 0.25) is 0 Å². The lowest BCUT2D eigenvalue weighted by atomic mass is 9.75. The zero-order valence-corrected chi connectivity index (χ0v) is 38.2. The van der Waals surface area contributed by atoms with Crippen LogP contribution in [0.3, 0.4) is 0 Å². The second kappa shape index (κ2) is 21.0. The molecule has 4 aliphatic rings. The molecule has 8 rings (SSSR count). The highest BCUT2D eigenvalue weighted by Gasteiger charge is 2.25. The summed E-state index contributed by atoms with van der Waals surface area (Å²) in [6.45, 7) is 9.75. The Morgan fingerprint density at radius 1 is 0.433 bits per heavy atom. The van der Waals surface area contributed by atoms with Crippen molar-refractivity contribution >= 4 is 0 Å². The fourth-order valence-electron chi connectivity index (χ4n) is 11.9. The number of hydrogen-bond acceptors (Lipinski definition) is 0. The molecule has 4 aliphatic carbocycles. The monoisotopic (exact) mass is 799 g/mol. The predicted octanol–water partition coefficient (Wildman–Crippen LogP) is 16.6. The first kappa shape index (κ1) is 43.1. The molecule has 0 nitrogen and oxygen atoms in total. The van der Waals surface area contributed by atoms with Gasteiger partial charge < -0.3 is 0 Å². The van der Waals surface area contributed by atoms with Crippen molar-refractivity contribution in [3.63, 3.8) is 0 Å². The van der Waals surface area contributed by atoms with E-state index in [1.165, 1.54) is 174 Å². The third kappa shape index (κ3) is 12.1. The zero-order chi connectivity index (χ0) is 41.3. The summed E-state index contributed by atoms with van der Waals surface area (Å²) in [5, 5.41) is 0. The smallest absolute Gasteiger partial charge is 0.0249 e. The summed E-state index contributed by atoms with van der Waals surface area (Å²) in [4.78, 5) is 0. The van der Waals surface area contributed by atoms with Crippen molar-refractivity contribution in [3.05, 3.63) is 130 Å². The van der Waals surface area contributed by atoms with Gasteiger partial charge >= 0.3 is 0 Å². The highest BCUT2D eigenvalue weighted by molar-refractivity contribution is 5.69. The first-order valence-corrected chi connectivity index (χ1v) is 25.2. The summed E-state index contributed by atoms with van der Waals surface area (Å²) in [6, 6.07) is 35.9. The number of benzene rings is 4. The van der Waals surface area contributed by atoms with E-state index >= 15 is 0 Å². The van der Waals surface area contributed by atoms with Gasteiger partial charge in [-0.1, -0.05) is 183 Å². The van der Waals surface area contributed by atoms with Gasteiger partial charge in [0.1, 0.15) is 0 Å². The summed E-state index contributed by atoms with van der Waals surface area (Å²) < 4.78 is 0. The molecule has 0 spiro atoms. The minimum absolute atomic E-state index is 0.448. The Bertz CT molecular complexity index is 1950. The molecule has 60 heavy (non-hydrogen) atoms. The maximum atomic E-state index is 3.54. The minimum Gasteiger partial charge on any atom is -0.0625 e. The van der Waals surface area contributed by atoms with Crippen LogP contribution in [0, 0.1) is 59.2 Å². The van der Waals surface area contributed by atoms with Gasteiger partial charge in [0.15, 0.2) is 0 Å². The van der Waals surface area contributed by atoms with Gasteiger partial charge in [-0.05, 0) is 168 Å². The van der Waals surface area contributed by atoms with Crippen molar-refractivity contribution < 1.29 is 0 Å². The second-order valence-corrected chi connectivity index (χ2v) is 21.4. The highest BCUT2D eigenvalue weighted by Crippen LogP contribution is 2.40. The van der Waals surface area contributed by atoms with Crippen LogP contribution in [0.2, 0.25) is 0 Å². The number of hydrogen-bond donors (Lipinski definition) is 0. The van der Waals surface area contributed by atoms with Crippen LogP contribution in [-0.4, -0.2) is 0 Å². The molecule has 1 atom stereocenters. The lowest BCUT2D eigenvalue weighted by Crippen LogP contribution is -2.16. The van der Waals surface area contributed by atoms with E-state index in [-0.39, 0.29) is 0 Å². The molecule has 4 fully saturated rings. The van der Waals surface area contributed by atoms with E-state index in [4.69, 9.17) is 0 Å². The summed E-state index contributed by atoms with van der Waals surface area (Å²) in [7, 11) is 0. The van der Waals surface area contributed by atoms with Gasteiger partial charge in [0.25, 0.3) is 0 Å². The SMILES string of the molecule is CC1CCC(CCc2ccc(CC3CCC(C)CC3)cc2-c2ccc(C#Cc3ccc(C(CC4CCC(C)CC4)c4ccc(CC5CCC(C)CC5)cc4)cc3)cc2)CC1. The van der Waals surface area contributed by atoms with Gasteiger partial charge in [-0.15, -0.1) is 0 Å². The second-order valence-electron chi connectivity index (χ2n) is 21.4. The van der Waals surface area contributed by atoms with Crippen LogP contribution in [0.25, 0.3) is 11.1 Å². The molecule has 0 radical (unpaired) electrons. The normalized spacial score (nSPS) is 27.7. The number of rotatable bonds is 12. The molecule has 0 aliphatic heterocycles. The average Bonchev–Trinajstić information content (AvgIpc) is 3.28. The molecule has 0 bridgehead atoms. The fourth-order valence-corrected chi connectivity index (χ4v) is 11.9. The largest absolute Gasteiger partial charge is 0.0625 e. The predicted molar refractivity (Wildman–Crippen MR) is 257 cm³/mol. The quantitative estimate of drug-likeness (QED) is 0.125. The molecule has 4 saturated carbocycles. The van der Waals surface area contributed by atoms with Crippen molar-refractivity contribution in [2.45, 2.75) is 168 Å². The van der Waals surface area contributed by atoms with Crippen LogP contribution in [0.15, 0.2) is 91.0 Å². The van der Waals surface area contributed by atoms with Gasteiger partial charge in [-0.25, -0.2) is 0 Å². The molecule has 4 aromatic rings. The van der Waals surface area contributed by atoms with E-state index in [1.807, 2.05) is 0 Å². The summed E-state index contributed by atoms with van der Waals surface area (Å²) in [6.07, 6.45) is 28.7. The van der Waals surface area contributed by atoms with Gasteiger partial charge in [0, 0.05) is 17.0 Å². The summed E-state index contributed by atoms with van der Waals surface area (Å²) in [5.41, 5.74) is 12.6. The first-order valence-electron chi connectivity index (χ1n) is 25.2. The van der Waals surface area contributed by atoms with Crippen molar-refractivity contribution in [1.82, 2.24) is 0 Å². The van der Waals surface area contributed by atoms with Crippen LogP contribution < -0.4 is 0 Å². The van der Waals surface area contributed by atoms with E-state index in [1.54, 1.807) is 0 Å². The van der Waals surface area contributed by atoms with E-state index < -0.39 is 0 Å². The third-order valence-corrected chi connectivity index (χ3v) is 16.4. The van der Waals surface area contributed by atoms with E-state index in [2.05, 4.69) is 131 Å². The van der Waals surface area contributed by atoms with Crippen molar-refractivity contribution in [3.8, 4) is 23.0 Å². The zero-order valence-electron chi connectivity index (χ0n) is 38.2. The van der Waals surface area contributed by atoms with Crippen molar-refractivity contribution in [2.75, 3.05) is 0 Å². The van der Waals surface area contributed by atoms with Crippen LogP contribution in [0.4, 0.5) is 0 Å². The van der Waals surface area contributed by atoms with E-state index in [9.17, 15) is 0 Å². The molecule has 1 unspecified atom stereocenters. The summed E-state index contributed by atoms with van der Waals surface area (Å²) >= 11 is 0. The Labute approximate surface area is 367 Å². The van der Waals surface area contributed by atoms with E-state index in [0.29, 0.717) is 5.92 Å². The molecule has 0 heterocycles. The topological polar surface area (TPSA) is 0 Å². The lowest BCUT2D eigenvalue weighted by Gasteiger charge is -2.30. The maximum Gasteiger partial charge on any atom is 0.0249 e. The molecular weight excluding hydrogens is 721 g/mol.